The lowest BCUT2D eigenvalue weighted by atomic mass is 10.2. The summed E-state index contributed by atoms with van der Waals surface area (Å²) >= 11 is 17.4. The number of carbonyl (C=O) groups is 1. The Morgan fingerprint density at radius 1 is 1.47 bits per heavy atom. The first kappa shape index (κ1) is 12.4. The number of carboxylic acids is 1. The molecule has 0 fully saturated rings. The maximum absolute atomic E-state index is 11.0. The smallest absolute Gasteiger partial charge is 0.329 e. The number of rotatable bonds is 2. The number of carboxylic acid groups (broad SMARTS) is 1. The van der Waals surface area contributed by atoms with E-state index >= 15 is 0 Å². The third-order valence-corrected chi connectivity index (χ3v) is 2.88. The van der Waals surface area contributed by atoms with Crippen molar-refractivity contribution in [3.63, 3.8) is 0 Å². The van der Waals surface area contributed by atoms with Crippen LogP contribution in [0.4, 0.5) is 5.82 Å². The summed E-state index contributed by atoms with van der Waals surface area (Å²) < 4.78 is 0. The van der Waals surface area contributed by atoms with Gasteiger partial charge in [-0.15, -0.1) is 0 Å². The number of hydrogen-bond acceptors (Lipinski definition) is 4. The number of aliphatic carboxylic acids is 1. The molecule has 2 heterocycles. The van der Waals surface area contributed by atoms with Gasteiger partial charge in [0.15, 0.2) is 11.9 Å². The predicted molar refractivity (Wildman–Crippen MR) is 66.1 cm³/mol. The zero-order valence-corrected chi connectivity index (χ0v) is 10.5. The van der Waals surface area contributed by atoms with Gasteiger partial charge in [-0.2, -0.15) is 5.10 Å². The summed E-state index contributed by atoms with van der Waals surface area (Å²) in [4.78, 5) is 15.0. The molecule has 8 heteroatoms. The molecule has 1 aromatic rings. The van der Waals surface area contributed by atoms with Gasteiger partial charge in [-0.3, -0.25) is 0 Å². The van der Waals surface area contributed by atoms with Gasteiger partial charge < -0.3 is 5.11 Å². The standard InChI is InChI=1S/C9H6Cl3N3O2/c10-4-1-5(11)8(13-3-4)15-6(9(16)17)2-7(12)14-15/h1,3,6H,2H2,(H,16,17). The molecule has 90 valence electrons. The van der Waals surface area contributed by atoms with E-state index in [1.54, 1.807) is 0 Å². The van der Waals surface area contributed by atoms with E-state index in [4.69, 9.17) is 39.9 Å². The van der Waals surface area contributed by atoms with Crippen LogP contribution in [0.15, 0.2) is 17.4 Å². The Morgan fingerprint density at radius 2 is 2.18 bits per heavy atom. The van der Waals surface area contributed by atoms with Crippen LogP contribution in [0, 0.1) is 0 Å². The van der Waals surface area contributed by atoms with Crippen molar-refractivity contribution in [2.24, 2.45) is 5.10 Å². The van der Waals surface area contributed by atoms with Gasteiger partial charge in [0.2, 0.25) is 0 Å². The predicted octanol–water partition coefficient (Wildman–Crippen LogP) is 2.60. The highest BCUT2D eigenvalue weighted by Gasteiger charge is 2.34. The molecule has 1 unspecified atom stereocenters. The van der Waals surface area contributed by atoms with Crippen LogP contribution in [0.1, 0.15) is 6.42 Å². The molecular weight excluding hydrogens is 288 g/mol. The van der Waals surface area contributed by atoms with Crippen LogP contribution in [0.3, 0.4) is 0 Å². The Kier molecular flexibility index (Phi) is 3.42. The maximum atomic E-state index is 11.0. The van der Waals surface area contributed by atoms with Crippen molar-refractivity contribution in [1.29, 1.82) is 0 Å². The molecule has 0 amide bonds. The zero-order valence-electron chi connectivity index (χ0n) is 8.27. The third-order valence-electron chi connectivity index (χ3n) is 2.16. The molecule has 0 aromatic carbocycles. The highest BCUT2D eigenvalue weighted by atomic mass is 35.5. The second kappa shape index (κ2) is 4.68. The second-order valence-electron chi connectivity index (χ2n) is 3.34. The fraction of sp³-hybridized carbons (Fsp3) is 0.222. The lowest BCUT2D eigenvalue weighted by molar-refractivity contribution is -0.138. The fourth-order valence-electron chi connectivity index (χ4n) is 1.44. The van der Waals surface area contributed by atoms with Crippen molar-refractivity contribution in [2.45, 2.75) is 12.5 Å². The number of hydrazone groups is 1. The van der Waals surface area contributed by atoms with Gasteiger partial charge in [0.25, 0.3) is 0 Å². The molecule has 0 bridgehead atoms. The highest BCUT2D eigenvalue weighted by molar-refractivity contribution is 6.66. The van der Waals surface area contributed by atoms with E-state index in [1.165, 1.54) is 17.3 Å². The van der Waals surface area contributed by atoms with Crippen LogP contribution in [0.5, 0.6) is 0 Å². The number of aromatic nitrogens is 1. The van der Waals surface area contributed by atoms with Crippen molar-refractivity contribution in [3.05, 3.63) is 22.3 Å². The largest absolute Gasteiger partial charge is 0.480 e. The van der Waals surface area contributed by atoms with Crippen LogP contribution in [0.25, 0.3) is 0 Å². The van der Waals surface area contributed by atoms with Gasteiger partial charge in [-0.05, 0) is 6.07 Å². The van der Waals surface area contributed by atoms with Crippen molar-refractivity contribution < 1.29 is 9.90 Å². The molecule has 0 spiro atoms. The van der Waals surface area contributed by atoms with E-state index in [9.17, 15) is 4.79 Å². The topological polar surface area (TPSA) is 65.8 Å². The van der Waals surface area contributed by atoms with E-state index < -0.39 is 12.0 Å². The van der Waals surface area contributed by atoms with E-state index in [0.717, 1.165) is 0 Å². The summed E-state index contributed by atoms with van der Waals surface area (Å²) in [5.41, 5.74) is 0. The Morgan fingerprint density at radius 3 is 2.76 bits per heavy atom. The first-order chi connectivity index (χ1) is 7.99. The van der Waals surface area contributed by atoms with Gasteiger partial charge in [-0.1, -0.05) is 34.8 Å². The number of pyridine rings is 1. The first-order valence-corrected chi connectivity index (χ1v) is 5.68. The lowest BCUT2D eigenvalue weighted by Gasteiger charge is -2.19. The Hall–Kier alpha value is -1.04. The summed E-state index contributed by atoms with van der Waals surface area (Å²) in [5, 5.41) is 14.9. The van der Waals surface area contributed by atoms with Crippen LogP contribution in [0.2, 0.25) is 10.0 Å². The molecule has 1 aliphatic heterocycles. The van der Waals surface area contributed by atoms with Crippen molar-refractivity contribution in [1.82, 2.24) is 4.98 Å². The number of nitrogens with zero attached hydrogens (tertiary/aromatic N) is 3. The average Bonchev–Trinajstić information content (AvgIpc) is 2.60. The third kappa shape index (κ3) is 2.46. The van der Waals surface area contributed by atoms with Crippen LogP contribution < -0.4 is 5.01 Å². The normalized spacial score (nSPS) is 19.4. The average molecular weight is 295 g/mol. The Balaban J connectivity index is 2.41. The van der Waals surface area contributed by atoms with Crippen molar-refractivity contribution in [2.75, 3.05) is 5.01 Å². The number of anilines is 1. The monoisotopic (exact) mass is 293 g/mol. The summed E-state index contributed by atoms with van der Waals surface area (Å²) in [6.07, 6.45) is 1.49. The zero-order chi connectivity index (χ0) is 12.6. The summed E-state index contributed by atoms with van der Waals surface area (Å²) in [7, 11) is 0. The molecule has 17 heavy (non-hydrogen) atoms. The number of halogens is 3. The second-order valence-corrected chi connectivity index (χ2v) is 4.62. The van der Waals surface area contributed by atoms with Crippen LogP contribution in [-0.4, -0.2) is 27.3 Å². The van der Waals surface area contributed by atoms with Gasteiger partial charge in [0, 0.05) is 12.6 Å². The molecule has 1 aromatic heterocycles. The van der Waals surface area contributed by atoms with E-state index in [0.29, 0.717) is 5.02 Å². The van der Waals surface area contributed by atoms with Crippen molar-refractivity contribution >= 4 is 51.8 Å². The van der Waals surface area contributed by atoms with E-state index in [2.05, 4.69) is 10.1 Å². The quantitative estimate of drug-likeness (QED) is 0.910. The van der Waals surface area contributed by atoms with Crippen molar-refractivity contribution in [3.8, 4) is 0 Å². The molecule has 1 N–H and O–H groups in total. The minimum atomic E-state index is -1.04. The fourth-order valence-corrected chi connectivity index (χ4v) is 2.13. The van der Waals surface area contributed by atoms with E-state index in [-0.39, 0.29) is 22.4 Å². The van der Waals surface area contributed by atoms with Gasteiger partial charge in [0.05, 0.1) is 10.0 Å². The van der Waals surface area contributed by atoms with Gasteiger partial charge in [0.1, 0.15) is 5.17 Å². The van der Waals surface area contributed by atoms with E-state index in [1.807, 2.05) is 0 Å². The number of hydrogen-bond donors (Lipinski definition) is 1. The minimum Gasteiger partial charge on any atom is -0.480 e. The molecule has 0 saturated heterocycles. The van der Waals surface area contributed by atoms with Crippen LogP contribution in [-0.2, 0) is 4.79 Å². The molecule has 1 atom stereocenters. The SMILES string of the molecule is O=C(O)C1CC(Cl)=NN1c1ncc(Cl)cc1Cl. The summed E-state index contributed by atoms with van der Waals surface area (Å²) in [5.74, 6) is -0.823. The lowest BCUT2D eigenvalue weighted by Crippen LogP contribution is -2.34. The van der Waals surface area contributed by atoms with Gasteiger partial charge in [-0.25, -0.2) is 14.8 Å². The Labute approximate surface area is 112 Å². The Bertz CT molecular complexity index is 506. The first-order valence-electron chi connectivity index (χ1n) is 4.55. The highest BCUT2D eigenvalue weighted by Crippen LogP contribution is 2.31. The molecule has 1 aliphatic rings. The molecule has 5 nitrogen and oxygen atoms in total. The maximum Gasteiger partial charge on any atom is 0.329 e. The molecule has 0 aliphatic carbocycles. The summed E-state index contributed by atoms with van der Waals surface area (Å²) in [6, 6.07) is 0.570. The molecule has 0 radical (unpaired) electrons. The van der Waals surface area contributed by atoms with Crippen LogP contribution >= 0.6 is 34.8 Å². The molecule has 2 rings (SSSR count). The summed E-state index contributed by atoms with van der Waals surface area (Å²) in [6.45, 7) is 0. The molecular formula is C9H6Cl3N3O2. The molecule has 0 saturated carbocycles. The van der Waals surface area contributed by atoms with Gasteiger partial charge >= 0.3 is 5.97 Å². The minimum absolute atomic E-state index is 0.123.